The highest BCUT2D eigenvalue weighted by Gasteiger charge is 2.50. The first-order valence-electron chi connectivity index (χ1n) is 10.9. The average Bonchev–Trinajstić information content (AvgIpc) is 3.10. The Morgan fingerprint density at radius 2 is 1.97 bits per heavy atom. The molecule has 1 atom stereocenters. The fourth-order valence-electron chi connectivity index (χ4n) is 4.97. The van der Waals surface area contributed by atoms with Gasteiger partial charge < -0.3 is 19.3 Å². The molecule has 31 heavy (non-hydrogen) atoms. The maximum Gasteiger partial charge on any atom is 0.308 e. The molecule has 0 amide bonds. The molecule has 2 aromatic carbocycles. The molecule has 2 aromatic rings. The third kappa shape index (κ3) is 4.86. The van der Waals surface area contributed by atoms with Crippen molar-refractivity contribution in [3.8, 4) is 11.5 Å². The van der Waals surface area contributed by atoms with Gasteiger partial charge in [0, 0.05) is 38.3 Å². The molecule has 0 aromatic heterocycles. The number of carbonyl (C=O) groups is 1. The van der Waals surface area contributed by atoms with Gasteiger partial charge in [-0.05, 0) is 43.0 Å². The molecule has 1 N–H and O–H groups in total. The summed E-state index contributed by atoms with van der Waals surface area (Å²) in [4.78, 5) is 14.2. The van der Waals surface area contributed by atoms with Crippen molar-refractivity contribution >= 4 is 5.97 Å². The van der Waals surface area contributed by atoms with Crippen molar-refractivity contribution in [2.45, 2.75) is 32.9 Å². The lowest BCUT2D eigenvalue weighted by Gasteiger charge is -2.36. The molecular formula is C25H31NO5. The van der Waals surface area contributed by atoms with Gasteiger partial charge in [0.25, 0.3) is 0 Å². The van der Waals surface area contributed by atoms with Crippen molar-refractivity contribution in [1.82, 2.24) is 4.90 Å². The lowest BCUT2D eigenvalue weighted by Crippen LogP contribution is -2.40. The molecule has 0 bridgehead atoms. The quantitative estimate of drug-likeness (QED) is 0.726. The average molecular weight is 426 g/mol. The zero-order valence-electron chi connectivity index (χ0n) is 18.3. The van der Waals surface area contributed by atoms with Crippen LogP contribution in [0, 0.1) is 18.3 Å². The lowest BCUT2D eigenvalue weighted by atomic mass is 9.72. The van der Waals surface area contributed by atoms with Crippen LogP contribution < -0.4 is 9.47 Å². The molecule has 1 unspecified atom stereocenters. The molecule has 2 heterocycles. The number of rotatable bonds is 7. The Bertz CT molecular complexity index is 922. The number of likely N-dealkylation sites (tertiary alicyclic amines) is 1. The second-order valence-electron chi connectivity index (χ2n) is 8.80. The first-order chi connectivity index (χ1) is 15.0. The number of hydrogen-bond acceptors (Lipinski definition) is 5. The third-order valence-corrected chi connectivity index (χ3v) is 6.62. The molecule has 4 rings (SSSR count). The van der Waals surface area contributed by atoms with Crippen LogP contribution in [0.25, 0.3) is 0 Å². The Kier molecular flexibility index (Phi) is 6.49. The number of aryl methyl sites for hydroxylation is 1. The number of methoxy groups -OCH3 is 1. The maximum atomic E-state index is 11.9. The Labute approximate surface area is 183 Å². The van der Waals surface area contributed by atoms with Gasteiger partial charge in [-0.1, -0.05) is 35.9 Å². The number of aliphatic carboxylic acids is 1. The molecular weight excluding hydrogens is 394 g/mol. The molecule has 6 nitrogen and oxygen atoms in total. The number of hydrogen-bond donors (Lipinski definition) is 1. The standard InChI is InChI=1S/C25H31NO5/c1-18-4-3-5-20(12-18)16-31-22-7-6-19(13-23(22)29-2)14-26-15-21(24(27)28)25(17-26)8-10-30-11-9-25/h3-7,12-13,21H,8-11,14-17H2,1-2H3,(H,27,28). The third-order valence-electron chi connectivity index (χ3n) is 6.62. The normalized spacial score (nSPS) is 20.6. The number of carboxylic acids is 1. The fraction of sp³-hybridized carbons (Fsp3) is 0.480. The lowest BCUT2D eigenvalue weighted by molar-refractivity contribution is -0.147. The van der Waals surface area contributed by atoms with E-state index in [4.69, 9.17) is 14.2 Å². The van der Waals surface area contributed by atoms with E-state index >= 15 is 0 Å². The highest BCUT2D eigenvalue weighted by molar-refractivity contribution is 5.72. The monoisotopic (exact) mass is 425 g/mol. The van der Waals surface area contributed by atoms with Crippen LogP contribution in [0.2, 0.25) is 0 Å². The van der Waals surface area contributed by atoms with Crippen LogP contribution in [-0.2, 0) is 22.7 Å². The van der Waals surface area contributed by atoms with E-state index in [1.807, 2.05) is 30.3 Å². The first-order valence-corrected chi connectivity index (χ1v) is 10.9. The van der Waals surface area contributed by atoms with Crippen molar-refractivity contribution in [1.29, 1.82) is 0 Å². The maximum absolute atomic E-state index is 11.9. The topological polar surface area (TPSA) is 68.2 Å². The van der Waals surface area contributed by atoms with E-state index in [9.17, 15) is 9.90 Å². The summed E-state index contributed by atoms with van der Waals surface area (Å²) in [5.74, 6) is 0.371. The molecule has 2 saturated heterocycles. The van der Waals surface area contributed by atoms with Crippen LogP contribution in [0.5, 0.6) is 11.5 Å². The smallest absolute Gasteiger partial charge is 0.308 e. The van der Waals surface area contributed by atoms with E-state index in [2.05, 4.69) is 24.0 Å². The van der Waals surface area contributed by atoms with Gasteiger partial charge in [0.2, 0.25) is 0 Å². The van der Waals surface area contributed by atoms with E-state index in [0.717, 1.165) is 30.5 Å². The second kappa shape index (κ2) is 9.28. The van der Waals surface area contributed by atoms with E-state index < -0.39 is 5.97 Å². The van der Waals surface area contributed by atoms with Crippen molar-refractivity contribution in [3.05, 3.63) is 59.2 Å². The highest BCUT2D eigenvalue weighted by atomic mass is 16.5. The minimum absolute atomic E-state index is 0.176. The molecule has 2 aliphatic heterocycles. The van der Waals surface area contributed by atoms with Gasteiger partial charge in [-0.3, -0.25) is 9.69 Å². The second-order valence-corrected chi connectivity index (χ2v) is 8.80. The minimum Gasteiger partial charge on any atom is -0.493 e. The largest absolute Gasteiger partial charge is 0.493 e. The minimum atomic E-state index is -0.693. The van der Waals surface area contributed by atoms with Gasteiger partial charge in [-0.25, -0.2) is 0 Å². The van der Waals surface area contributed by atoms with E-state index in [1.54, 1.807) is 7.11 Å². The Morgan fingerprint density at radius 1 is 1.16 bits per heavy atom. The van der Waals surface area contributed by atoms with Gasteiger partial charge in [0.05, 0.1) is 13.0 Å². The number of carboxylic acid groups (broad SMARTS) is 1. The van der Waals surface area contributed by atoms with Crippen LogP contribution in [0.4, 0.5) is 0 Å². The molecule has 6 heteroatoms. The molecule has 0 saturated carbocycles. The van der Waals surface area contributed by atoms with E-state index in [1.165, 1.54) is 5.56 Å². The first kappa shape index (κ1) is 21.7. The van der Waals surface area contributed by atoms with E-state index in [0.29, 0.717) is 44.4 Å². The van der Waals surface area contributed by atoms with Gasteiger partial charge in [-0.15, -0.1) is 0 Å². The molecule has 0 aliphatic carbocycles. The SMILES string of the molecule is COc1cc(CN2CC(C(=O)O)C3(CCOCC3)C2)ccc1OCc1cccc(C)c1. The van der Waals surface area contributed by atoms with Crippen LogP contribution in [0.15, 0.2) is 42.5 Å². The zero-order valence-corrected chi connectivity index (χ0v) is 18.3. The summed E-state index contributed by atoms with van der Waals surface area (Å²) in [6.07, 6.45) is 1.63. The highest BCUT2D eigenvalue weighted by Crippen LogP contribution is 2.45. The Balaban J connectivity index is 1.43. The zero-order chi connectivity index (χ0) is 21.8. The van der Waals surface area contributed by atoms with Crippen molar-refractivity contribution in [2.24, 2.45) is 11.3 Å². The van der Waals surface area contributed by atoms with Gasteiger partial charge in [-0.2, -0.15) is 0 Å². The summed E-state index contributed by atoms with van der Waals surface area (Å²) >= 11 is 0. The number of ether oxygens (including phenoxy) is 3. The predicted molar refractivity (Wildman–Crippen MR) is 117 cm³/mol. The molecule has 0 radical (unpaired) electrons. The van der Waals surface area contributed by atoms with Crippen LogP contribution in [0.1, 0.15) is 29.5 Å². The summed E-state index contributed by atoms with van der Waals surface area (Å²) in [6, 6.07) is 14.2. The molecule has 2 fully saturated rings. The summed E-state index contributed by atoms with van der Waals surface area (Å²) in [5.41, 5.74) is 3.24. The van der Waals surface area contributed by atoms with Gasteiger partial charge in [0.1, 0.15) is 6.61 Å². The van der Waals surface area contributed by atoms with Crippen molar-refractivity contribution in [2.75, 3.05) is 33.4 Å². The van der Waals surface area contributed by atoms with E-state index in [-0.39, 0.29) is 11.3 Å². The van der Waals surface area contributed by atoms with Crippen molar-refractivity contribution < 1.29 is 24.1 Å². The van der Waals surface area contributed by atoms with Crippen LogP contribution in [0.3, 0.4) is 0 Å². The summed E-state index contributed by atoms with van der Waals surface area (Å²) in [7, 11) is 1.64. The van der Waals surface area contributed by atoms with Crippen LogP contribution >= 0.6 is 0 Å². The summed E-state index contributed by atoms with van der Waals surface area (Å²) in [6.45, 7) is 5.91. The Morgan fingerprint density at radius 3 is 2.68 bits per heavy atom. The summed E-state index contributed by atoms with van der Waals surface area (Å²) in [5, 5.41) is 9.80. The number of benzene rings is 2. The van der Waals surface area contributed by atoms with Gasteiger partial charge >= 0.3 is 5.97 Å². The predicted octanol–water partition coefficient (Wildman–Crippen LogP) is 3.90. The fourth-order valence-corrected chi connectivity index (χ4v) is 4.97. The number of nitrogens with zero attached hydrogens (tertiary/aromatic N) is 1. The molecule has 2 aliphatic rings. The Hall–Kier alpha value is -2.57. The van der Waals surface area contributed by atoms with Crippen LogP contribution in [-0.4, -0.2) is 49.4 Å². The molecule has 166 valence electrons. The molecule has 1 spiro atoms. The van der Waals surface area contributed by atoms with Gasteiger partial charge in [0.15, 0.2) is 11.5 Å². The summed E-state index contributed by atoms with van der Waals surface area (Å²) < 4.78 is 17.1. The van der Waals surface area contributed by atoms with Crippen molar-refractivity contribution in [3.63, 3.8) is 0 Å².